The van der Waals surface area contributed by atoms with Gasteiger partial charge in [0.1, 0.15) is 6.07 Å². The molecule has 110 valence electrons. The fourth-order valence-electron chi connectivity index (χ4n) is 2.40. The van der Waals surface area contributed by atoms with Crippen LogP contribution < -0.4 is 10.6 Å². The van der Waals surface area contributed by atoms with Crippen LogP contribution in [0.3, 0.4) is 0 Å². The molecule has 0 aliphatic heterocycles. The fourth-order valence-corrected chi connectivity index (χ4v) is 2.57. The molecule has 2 atom stereocenters. The van der Waals surface area contributed by atoms with Gasteiger partial charge in [-0.2, -0.15) is 5.26 Å². The Morgan fingerprint density at radius 3 is 2.76 bits per heavy atom. The minimum atomic E-state index is -0.832. The van der Waals surface area contributed by atoms with Gasteiger partial charge in [0.05, 0.1) is 17.2 Å². The number of nitrogens with zero attached hydrogens (tertiary/aromatic N) is 1. The smallest absolute Gasteiger partial charge is 0.319 e. The Hall–Kier alpha value is -2.26. The summed E-state index contributed by atoms with van der Waals surface area (Å²) in [5.74, 6) is -1.24. The van der Waals surface area contributed by atoms with E-state index < -0.39 is 17.9 Å². The largest absolute Gasteiger partial charge is 0.481 e. The van der Waals surface area contributed by atoms with Crippen LogP contribution in [0.15, 0.2) is 18.2 Å². The molecule has 0 spiro atoms. The van der Waals surface area contributed by atoms with E-state index in [0.29, 0.717) is 35.5 Å². The number of benzene rings is 1. The van der Waals surface area contributed by atoms with Gasteiger partial charge >= 0.3 is 12.0 Å². The molecule has 7 heteroatoms. The Bertz CT molecular complexity index is 612. The maximum Gasteiger partial charge on any atom is 0.319 e. The molecule has 1 aliphatic carbocycles. The number of hydrogen-bond donors (Lipinski definition) is 3. The highest BCUT2D eigenvalue weighted by molar-refractivity contribution is 6.31. The van der Waals surface area contributed by atoms with Crippen LogP contribution in [-0.4, -0.2) is 23.1 Å². The summed E-state index contributed by atoms with van der Waals surface area (Å²) in [4.78, 5) is 22.8. The van der Waals surface area contributed by atoms with Crippen LogP contribution in [0.1, 0.15) is 24.8 Å². The van der Waals surface area contributed by atoms with Gasteiger partial charge in [-0.25, -0.2) is 4.79 Å². The molecule has 6 nitrogen and oxygen atoms in total. The third-order valence-electron chi connectivity index (χ3n) is 3.47. The molecule has 2 amide bonds. The molecule has 1 fully saturated rings. The minimum Gasteiger partial charge on any atom is -0.481 e. The summed E-state index contributed by atoms with van der Waals surface area (Å²) in [6.45, 7) is 0. The van der Waals surface area contributed by atoms with Crippen molar-refractivity contribution in [2.45, 2.75) is 25.3 Å². The summed E-state index contributed by atoms with van der Waals surface area (Å²) in [6, 6.07) is 5.91. The van der Waals surface area contributed by atoms with Crippen LogP contribution >= 0.6 is 11.6 Å². The SMILES string of the molecule is N#Cc1ccc(Cl)cc1NC(=O)N[C@H]1CC[C@@H](C(=O)O)C1. The van der Waals surface area contributed by atoms with Crippen LogP contribution in [0.25, 0.3) is 0 Å². The number of nitrogens with one attached hydrogen (secondary N) is 2. The van der Waals surface area contributed by atoms with Crippen LogP contribution in [-0.2, 0) is 4.79 Å². The highest BCUT2D eigenvalue weighted by Gasteiger charge is 2.30. The third-order valence-corrected chi connectivity index (χ3v) is 3.70. The molecular formula is C14H14ClN3O3. The zero-order valence-corrected chi connectivity index (χ0v) is 11.9. The maximum absolute atomic E-state index is 11.9. The Morgan fingerprint density at radius 2 is 2.14 bits per heavy atom. The second-order valence-corrected chi connectivity index (χ2v) is 5.38. The molecule has 0 heterocycles. The van der Waals surface area contributed by atoms with E-state index in [0.717, 1.165) is 0 Å². The first-order valence-corrected chi connectivity index (χ1v) is 6.87. The molecule has 2 rings (SSSR count). The second kappa shape index (κ2) is 6.46. The molecule has 1 aliphatic rings. The number of nitriles is 1. The molecule has 0 bridgehead atoms. The van der Waals surface area contributed by atoms with Crippen LogP contribution in [0.2, 0.25) is 5.02 Å². The van der Waals surface area contributed by atoms with E-state index in [1.54, 1.807) is 6.07 Å². The Morgan fingerprint density at radius 1 is 1.38 bits per heavy atom. The van der Waals surface area contributed by atoms with Gasteiger partial charge in [-0.05, 0) is 37.5 Å². The quantitative estimate of drug-likeness (QED) is 0.798. The van der Waals surface area contributed by atoms with Gasteiger partial charge in [-0.1, -0.05) is 11.6 Å². The topological polar surface area (TPSA) is 102 Å². The number of carbonyl (C=O) groups excluding carboxylic acids is 1. The van der Waals surface area contributed by atoms with Crippen molar-refractivity contribution >= 4 is 29.3 Å². The molecule has 0 saturated heterocycles. The number of rotatable bonds is 3. The van der Waals surface area contributed by atoms with Crippen LogP contribution in [0.5, 0.6) is 0 Å². The lowest BCUT2D eigenvalue weighted by Crippen LogP contribution is -2.36. The zero-order valence-electron chi connectivity index (χ0n) is 11.1. The second-order valence-electron chi connectivity index (χ2n) is 4.95. The average molecular weight is 308 g/mol. The van der Waals surface area contributed by atoms with Crippen LogP contribution in [0.4, 0.5) is 10.5 Å². The highest BCUT2D eigenvalue weighted by Crippen LogP contribution is 2.26. The standard InChI is InChI=1S/C14H14ClN3O3/c15-10-3-1-9(7-16)12(6-10)18-14(21)17-11-4-2-8(5-11)13(19)20/h1,3,6,8,11H,2,4-5H2,(H,19,20)(H2,17,18,21)/t8-,11+/m1/s1. The number of anilines is 1. The average Bonchev–Trinajstić information content (AvgIpc) is 2.87. The summed E-state index contributed by atoms with van der Waals surface area (Å²) < 4.78 is 0. The van der Waals surface area contributed by atoms with Gasteiger partial charge in [0, 0.05) is 11.1 Å². The predicted molar refractivity (Wildman–Crippen MR) is 77.1 cm³/mol. The number of carbonyl (C=O) groups is 2. The van der Waals surface area contributed by atoms with Crippen molar-refractivity contribution in [3.8, 4) is 6.07 Å². The molecule has 1 aromatic carbocycles. The lowest BCUT2D eigenvalue weighted by Gasteiger charge is -2.14. The van der Waals surface area contributed by atoms with Crippen molar-refractivity contribution in [1.82, 2.24) is 5.32 Å². The van der Waals surface area contributed by atoms with Gasteiger partial charge in [-0.3, -0.25) is 4.79 Å². The predicted octanol–water partition coefficient (Wildman–Crippen LogP) is 2.59. The first kappa shape index (κ1) is 15.1. The molecule has 0 radical (unpaired) electrons. The fraction of sp³-hybridized carbons (Fsp3) is 0.357. The molecule has 1 saturated carbocycles. The van der Waals surface area contributed by atoms with Crippen molar-refractivity contribution in [2.75, 3.05) is 5.32 Å². The number of aliphatic carboxylic acids is 1. The monoisotopic (exact) mass is 307 g/mol. The van der Waals surface area contributed by atoms with Crippen molar-refractivity contribution in [2.24, 2.45) is 5.92 Å². The van der Waals surface area contributed by atoms with E-state index in [9.17, 15) is 9.59 Å². The maximum atomic E-state index is 11.9. The molecular weight excluding hydrogens is 294 g/mol. The molecule has 0 unspecified atom stereocenters. The first-order chi connectivity index (χ1) is 9.99. The number of hydrogen-bond acceptors (Lipinski definition) is 3. The van der Waals surface area contributed by atoms with E-state index in [4.69, 9.17) is 22.0 Å². The van der Waals surface area contributed by atoms with Crippen molar-refractivity contribution in [3.05, 3.63) is 28.8 Å². The number of carboxylic acid groups (broad SMARTS) is 1. The summed E-state index contributed by atoms with van der Waals surface area (Å²) in [5, 5.41) is 23.6. The van der Waals surface area contributed by atoms with Gasteiger partial charge in [0.15, 0.2) is 0 Å². The Balaban J connectivity index is 1.96. The van der Waals surface area contributed by atoms with E-state index in [2.05, 4.69) is 10.6 Å². The Labute approximate surface area is 126 Å². The van der Waals surface area contributed by atoms with Gasteiger partial charge < -0.3 is 15.7 Å². The van der Waals surface area contributed by atoms with E-state index >= 15 is 0 Å². The number of urea groups is 1. The molecule has 21 heavy (non-hydrogen) atoms. The van der Waals surface area contributed by atoms with E-state index in [1.165, 1.54) is 12.1 Å². The minimum absolute atomic E-state index is 0.171. The van der Waals surface area contributed by atoms with Crippen molar-refractivity contribution < 1.29 is 14.7 Å². The highest BCUT2D eigenvalue weighted by atomic mass is 35.5. The molecule has 0 aromatic heterocycles. The normalized spacial score (nSPS) is 20.6. The van der Waals surface area contributed by atoms with Crippen molar-refractivity contribution in [3.63, 3.8) is 0 Å². The number of amides is 2. The van der Waals surface area contributed by atoms with Crippen LogP contribution in [0, 0.1) is 17.2 Å². The lowest BCUT2D eigenvalue weighted by atomic mass is 10.1. The van der Waals surface area contributed by atoms with Gasteiger partial charge in [0.25, 0.3) is 0 Å². The third kappa shape index (κ3) is 3.86. The summed E-state index contributed by atoms with van der Waals surface area (Å²) in [6.07, 6.45) is 1.61. The lowest BCUT2D eigenvalue weighted by molar-refractivity contribution is -0.141. The van der Waals surface area contributed by atoms with Gasteiger partial charge in [-0.15, -0.1) is 0 Å². The summed E-state index contributed by atoms with van der Waals surface area (Å²) in [5.41, 5.74) is 0.639. The summed E-state index contributed by atoms with van der Waals surface area (Å²) in [7, 11) is 0. The molecule has 3 N–H and O–H groups in total. The van der Waals surface area contributed by atoms with E-state index in [-0.39, 0.29) is 6.04 Å². The zero-order chi connectivity index (χ0) is 15.4. The molecule has 1 aromatic rings. The van der Waals surface area contributed by atoms with Crippen molar-refractivity contribution in [1.29, 1.82) is 5.26 Å². The first-order valence-electron chi connectivity index (χ1n) is 6.49. The number of carboxylic acids is 1. The summed E-state index contributed by atoms with van der Waals surface area (Å²) >= 11 is 5.84. The van der Waals surface area contributed by atoms with E-state index in [1.807, 2.05) is 6.07 Å². The number of halogens is 1. The Kier molecular flexibility index (Phi) is 4.66. The van der Waals surface area contributed by atoms with Gasteiger partial charge in [0.2, 0.25) is 0 Å².